The van der Waals surface area contributed by atoms with E-state index in [1.807, 2.05) is 18.2 Å². The van der Waals surface area contributed by atoms with Crippen molar-refractivity contribution in [3.8, 4) is 0 Å². The number of hydrogen-bond acceptors (Lipinski definition) is 2. The number of rotatable bonds is 4. The highest BCUT2D eigenvalue weighted by Gasteiger charge is 2.39. The van der Waals surface area contributed by atoms with E-state index in [4.69, 9.17) is 0 Å². The van der Waals surface area contributed by atoms with Crippen LogP contribution < -0.4 is 5.32 Å². The first-order valence-electron chi connectivity index (χ1n) is 8.55. The van der Waals surface area contributed by atoms with E-state index >= 15 is 0 Å². The van der Waals surface area contributed by atoms with Gasteiger partial charge >= 0.3 is 6.18 Å². The summed E-state index contributed by atoms with van der Waals surface area (Å²) in [5.41, 5.74) is -0.737. The molecule has 0 radical (unpaired) electrons. The summed E-state index contributed by atoms with van der Waals surface area (Å²) in [6.45, 7) is 5.74. The van der Waals surface area contributed by atoms with Crippen molar-refractivity contribution in [1.82, 2.24) is 9.62 Å². The molecule has 1 aliphatic carbocycles. The molecule has 1 unspecified atom stereocenters. The van der Waals surface area contributed by atoms with Gasteiger partial charge in [-0.2, -0.15) is 13.2 Å². The molecule has 2 aliphatic rings. The molecule has 1 aliphatic heterocycles. The van der Waals surface area contributed by atoms with E-state index in [1.54, 1.807) is 0 Å². The molecule has 0 aromatic heterocycles. The van der Waals surface area contributed by atoms with Gasteiger partial charge in [-0.25, -0.2) is 8.51 Å². The van der Waals surface area contributed by atoms with Crippen molar-refractivity contribution in [3.05, 3.63) is 29.8 Å². The lowest BCUT2D eigenvalue weighted by Gasteiger charge is -2.33. The van der Waals surface area contributed by atoms with Gasteiger partial charge in [-0.3, -0.25) is 0 Å². The SMILES string of the molecule is CC.O=S(c1cccc(C(F)(F)F)c1)N(C1CCNCC1)C1CC1. The molecule has 1 heterocycles. The maximum Gasteiger partial charge on any atom is 0.416 e. The summed E-state index contributed by atoms with van der Waals surface area (Å²) in [6.07, 6.45) is -0.662. The lowest BCUT2D eigenvalue weighted by molar-refractivity contribution is -0.137. The minimum Gasteiger partial charge on any atom is -0.317 e. The molecule has 1 atom stereocenters. The first-order valence-corrected chi connectivity index (χ1v) is 9.65. The molecule has 0 amide bonds. The third kappa shape index (κ3) is 4.80. The maximum absolute atomic E-state index is 12.9. The Labute approximate surface area is 144 Å². The van der Waals surface area contributed by atoms with Crippen LogP contribution in [0.2, 0.25) is 0 Å². The number of alkyl halides is 3. The Morgan fingerprint density at radius 2 is 1.67 bits per heavy atom. The van der Waals surface area contributed by atoms with Gasteiger partial charge in [0.15, 0.2) is 0 Å². The van der Waals surface area contributed by atoms with Crippen molar-refractivity contribution >= 4 is 11.0 Å². The second kappa shape index (κ2) is 8.45. The molecule has 2 fully saturated rings. The van der Waals surface area contributed by atoms with E-state index in [1.165, 1.54) is 12.1 Å². The Balaban J connectivity index is 0.00000100. The van der Waals surface area contributed by atoms with Crippen LogP contribution in [0.15, 0.2) is 29.2 Å². The van der Waals surface area contributed by atoms with Gasteiger partial charge in [-0.1, -0.05) is 19.9 Å². The average molecular weight is 362 g/mol. The Bertz CT molecular complexity index is 555. The third-order valence-corrected chi connectivity index (χ3v) is 5.77. The lowest BCUT2D eigenvalue weighted by atomic mass is 10.1. The number of benzene rings is 1. The molecule has 1 N–H and O–H groups in total. The van der Waals surface area contributed by atoms with Gasteiger partial charge in [-0.15, -0.1) is 0 Å². The zero-order valence-corrected chi connectivity index (χ0v) is 14.9. The lowest BCUT2D eigenvalue weighted by Crippen LogP contribution is -2.45. The average Bonchev–Trinajstić information content (AvgIpc) is 3.42. The molecule has 0 bridgehead atoms. The quantitative estimate of drug-likeness (QED) is 0.879. The zero-order chi connectivity index (χ0) is 17.7. The van der Waals surface area contributed by atoms with Crippen LogP contribution in [0.5, 0.6) is 0 Å². The Hall–Kier alpha value is -0.920. The molecule has 136 valence electrons. The largest absolute Gasteiger partial charge is 0.416 e. The van der Waals surface area contributed by atoms with E-state index in [2.05, 4.69) is 5.32 Å². The predicted octanol–water partition coefficient (Wildman–Crippen LogP) is 3.97. The van der Waals surface area contributed by atoms with Crippen LogP contribution in [0.1, 0.15) is 45.1 Å². The number of piperidine rings is 1. The monoisotopic (exact) mass is 362 g/mol. The molecule has 7 heteroatoms. The first kappa shape index (κ1) is 19.4. The van der Waals surface area contributed by atoms with Crippen molar-refractivity contribution in [2.24, 2.45) is 0 Å². The summed E-state index contributed by atoms with van der Waals surface area (Å²) in [4.78, 5) is 0.250. The van der Waals surface area contributed by atoms with Gasteiger partial charge in [0.1, 0.15) is 11.0 Å². The summed E-state index contributed by atoms with van der Waals surface area (Å²) in [5.74, 6) is 0. The predicted molar refractivity (Wildman–Crippen MR) is 90.0 cm³/mol. The molecule has 3 rings (SSSR count). The van der Waals surface area contributed by atoms with E-state index in [0.717, 1.165) is 50.9 Å². The highest BCUT2D eigenvalue weighted by molar-refractivity contribution is 7.82. The normalized spacial score (nSPS) is 20.4. The van der Waals surface area contributed by atoms with E-state index in [0.29, 0.717) is 0 Å². The fraction of sp³-hybridized carbons (Fsp3) is 0.647. The Kier molecular flexibility index (Phi) is 6.83. The Morgan fingerprint density at radius 3 is 2.21 bits per heavy atom. The molecule has 1 aromatic rings. The summed E-state index contributed by atoms with van der Waals surface area (Å²) >= 11 is 0. The van der Waals surface area contributed by atoms with Crippen LogP contribution in [0, 0.1) is 0 Å². The van der Waals surface area contributed by atoms with E-state index < -0.39 is 22.7 Å². The minimum absolute atomic E-state index is 0.184. The zero-order valence-electron chi connectivity index (χ0n) is 14.1. The molecule has 1 saturated heterocycles. The maximum atomic E-state index is 12.9. The second-order valence-electron chi connectivity index (χ2n) is 5.85. The van der Waals surface area contributed by atoms with Gasteiger partial charge in [-0.05, 0) is 57.0 Å². The van der Waals surface area contributed by atoms with Crippen LogP contribution in [-0.2, 0) is 17.2 Å². The van der Waals surface area contributed by atoms with Crippen molar-refractivity contribution < 1.29 is 17.4 Å². The molecule has 24 heavy (non-hydrogen) atoms. The molecule has 3 nitrogen and oxygen atoms in total. The van der Waals surface area contributed by atoms with Crippen molar-refractivity contribution in [3.63, 3.8) is 0 Å². The standard InChI is InChI=1S/C15H19F3N2OS.C2H6/c16-15(17,18)11-2-1-3-14(10-11)22(21)20(12-4-5-12)13-6-8-19-9-7-13;1-2/h1-3,10,12-13,19H,4-9H2;1-2H3. The van der Waals surface area contributed by atoms with E-state index in [9.17, 15) is 17.4 Å². The molecule has 0 spiro atoms. The van der Waals surface area contributed by atoms with Crippen molar-refractivity contribution in [2.45, 2.75) is 62.7 Å². The Morgan fingerprint density at radius 1 is 1.08 bits per heavy atom. The van der Waals surface area contributed by atoms with Crippen LogP contribution >= 0.6 is 0 Å². The van der Waals surface area contributed by atoms with Crippen LogP contribution in [-0.4, -0.2) is 33.7 Å². The van der Waals surface area contributed by atoms with Gasteiger partial charge in [0, 0.05) is 12.1 Å². The summed E-state index contributed by atoms with van der Waals surface area (Å²) in [6, 6.07) is 5.34. The summed E-state index contributed by atoms with van der Waals surface area (Å²) in [5, 5.41) is 3.26. The minimum atomic E-state index is -4.40. The fourth-order valence-electron chi connectivity index (χ4n) is 2.86. The number of nitrogens with zero attached hydrogens (tertiary/aromatic N) is 1. The number of hydrogen-bond donors (Lipinski definition) is 1. The van der Waals surface area contributed by atoms with Gasteiger partial charge < -0.3 is 5.32 Å². The van der Waals surface area contributed by atoms with Crippen LogP contribution in [0.25, 0.3) is 0 Å². The molecular formula is C17H25F3N2OS. The van der Waals surface area contributed by atoms with Crippen molar-refractivity contribution in [2.75, 3.05) is 13.1 Å². The van der Waals surface area contributed by atoms with Crippen LogP contribution in [0.3, 0.4) is 0 Å². The molecule has 1 saturated carbocycles. The number of nitrogens with one attached hydrogen (secondary N) is 1. The fourth-order valence-corrected chi connectivity index (χ4v) is 4.49. The topological polar surface area (TPSA) is 32.3 Å². The highest BCUT2D eigenvalue weighted by Crippen LogP contribution is 2.36. The third-order valence-electron chi connectivity index (χ3n) is 4.13. The van der Waals surface area contributed by atoms with Gasteiger partial charge in [0.25, 0.3) is 0 Å². The van der Waals surface area contributed by atoms with E-state index in [-0.39, 0.29) is 17.0 Å². The highest BCUT2D eigenvalue weighted by atomic mass is 32.2. The first-order chi connectivity index (χ1) is 11.5. The molecular weight excluding hydrogens is 337 g/mol. The van der Waals surface area contributed by atoms with Crippen molar-refractivity contribution in [1.29, 1.82) is 0 Å². The smallest absolute Gasteiger partial charge is 0.317 e. The summed E-state index contributed by atoms with van der Waals surface area (Å²) in [7, 11) is -1.53. The van der Waals surface area contributed by atoms with Gasteiger partial charge in [0.2, 0.25) is 0 Å². The molecule has 1 aromatic carbocycles. The van der Waals surface area contributed by atoms with Gasteiger partial charge in [0.05, 0.1) is 10.5 Å². The van der Waals surface area contributed by atoms with Crippen LogP contribution in [0.4, 0.5) is 13.2 Å². The number of halogens is 3. The summed E-state index contributed by atoms with van der Waals surface area (Å²) < 4.78 is 53.3. The second-order valence-corrected chi connectivity index (χ2v) is 7.24.